The molecule has 0 aromatic heterocycles. The lowest BCUT2D eigenvalue weighted by atomic mass is 10.1. The van der Waals surface area contributed by atoms with Gasteiger partial charge in [0.25, 0.3) is 10.1 Å². The van der Waals surface area contributed by atoms with Crippen molar-refractivity contribution < 1.29 is 17.3 Å². The van der Waals surface area contributed by atoms with Crippen LogP contribution in [0.1, 0.15) is 155 Å². The Kier molecular flexibility index (Phi) is 23.9. The highest BCUT2D eigenvalue weighted by molar-refractivity contribution is 7.86. The SMILES string of the molecule is CCCCCCCCCCCCCC(OCCCCCCCCCCCC)OS(C)(=O)=O. The Labute approximate surface area is 201 Å². The normalized spacial score (nSPS) is 13.0. The Morgan fingerprint density at radius 1 is 0.531 bits per heavy atom. The van der Waals surface area contributed by atoms with Crippen LogP contribution in [0.25, 0.3) is 0 Å². The van der Waals surface area contributed by atoms with Crippen LogP contribution in [0.5, 0.6) is 0 Å². The lowest BCUT2D eigenvalue weighted by Gasteiger charge is -2.17. The van der Waals surface area contributed by atoms with Gasteiger partial charge in [-0.1, -0.05) is 136 Å². The van der Waals surface area contributed by atoms with Crippen molar-refractivity contribution in [2.24, 2.45) is 0 Å². The fourth-order valence-electron chi connectivity index (χ4n) is 4.13. The maximum atomic E-state index is 11.5. The largest absolute Gasteiger partial charge is 0.351 e. The van der Waals surface area contributed by atoms with E-state index in [0.717, 1.165) is 31.9 Å². The van der Waals surface area contributed by atoms with E-state index in [1.165, 1.54) is 109 Å². The van der Waals surface area contributed by atoms with Gasteiger partial charge in [0.05, 0.1) is 6.26 Å². The molecule has 5 heteroatoms. The van der Waals surface area contributed by atoms with Crippen molar-refractivity contribution in [3.8, 4) is 0 Å². The highest BCUT2D eigenvalue weighted by atomic mass is 32.2. The molecule has 0 radical (unpaired) electrons. The lowest BCUT2D eigenvalue weighted by Crippen LogP contribution is -2.21. The molecule has 0 saturated carbocycles. The number of rotatable bonds is 26. The van der Waals surface area contributed by atoms with Gasteiger partial charge >= 0.3 is 0 Å². The maximum absolute atomic E-state index is 11.5. The summed E-state index contributed by atoms with van der Waals surface area (Å²) in [5.41, 5.74) is 0. The number of unbranched alkanes of at least 4 members (excludes halogenated alkanes) is 19. The molecule has 0 amide bonds. The summed E-state index contributed by atoms with van der Waals surface area (Å²) in [5, 5.41) is 0. The van der Waals surface area contributed by atoms with E-state index in [4.69, 9.17) is 8.92 Å². The molecule has 0 aliphatic heterocycles. The molecule has 0 fully saturated rings. The van der Waals surface area contributed by atoms with E-state index in [-0.39, 0.29) is 0 Å². The van der Waals surface area contributed by atoms with Gasteiger partial charge < -0.3 is 4.74 Å². The van der Waals surface area contributed by atoms with Crippen LogP contribution < -0.4 is 0 Å². The molecule has 0 rings (SSSR count). The van der Waals surface area contributed by atoms with Crippen LogP contribution in [0, 0.1) is 0 Å². The molecule has 32 heavy (non-hydrogen) atoms. The monoisotopic (exact) mass is 476 g/mol. The van der Waals surface area contributed by atoms with Gasteiger partial charge in [-0.2, -0.15) is 8.42 Å². The predicted octanol–water partition coefficient (Wildman–Crippen LogP) is 8.93. The third kappa shape index (κ3) is 26.1. The topological polar surface area (TPSA) is 52.6 Å². The maximum Gasteiger partial charge on any atom is 0.266 e. The third-order valence-corrected chi connectivity index (χ3v) is 6.69. The molecular formula is C27H56O4S. The average molecular weight is 477 g/mol. The summed E-state index contributed by atoms with van der Waals surface area (Å²) in [5.74, 6) is 0. The summed E-state index contributed by atoms with van der Waals surface area (Å²) in [6.07, 6.45) is 28.1. The first-order valence-electron chi connectivity index (χ1n) is 14.0. The fourth-order valence-corrected chi connectivity index (χ4v) is 4.68. The van der Waals surface area contributed by atoms with E-state index < -0.39 is 16.4 Å². The predicted molar refractivity (Wildman–Crippen MR) is 139 cm³/mol. The average Bonchev–Trinajstić information content (AvgIpc) is 2.74. The zero-order valence-corrected chi connectivity index (χ0v) is 22.7. The van der Waals surface area contributed by atoms with Crippen LogP contribution in [-0.2, 0) is 19.0 Å². The van der Waals surface area contributed by atoms with Crippen molar-refractivity contribution in [3.63, 3.8) is 0 Å². The molecule has 0 aliphatic rings. The minimum Gasteiger partial charge on any atom is -0.351 e. The van der Waals surface area contributed by atoms with E-state index in [2.05, 4.69) is 13.8 Å². The standard InChI is InChI=1S/C27H56O4S/c1-4-6-8-10-12-14-16-17-19-21-23-25-27(31-32(3,28)29)30-26-24-22-20-18-15-13-11-9-7-5-2/h27H,4-26H2,1-3H3. The Balaban J connectivity index is 3.69. The Morgan fingerprint density at radius 2 is 0.875 bits per heavy atom. The molecule has 0 aromatic rings. The van der Waals surface area contributed by atoms with Crippen molar-refractivity contribution in [3.05, 3.63) is 0 Å². The minimum atomic E-state index is -3.48. The zero-order chi connectivity index (χ0) is 23.8. The van der Waals surface area contributed by atoms with Gasteiger partial charge in [0, 0.05) is 6.61 Å². The smallest absolute Gasteiger partial charge is 0.266 e. The number of ether oxygens (including phenoxy) is 1. The Hall–Kier alpha value is -0.130. The molecular weight excluding hydrogens is 420 g/mol. The number of hydrogen-bond donors (Lipinski definition) is 0. The van der Waals surface area contributed by atoms with Gasteiger partial charge in [0.15, 0.2) is 6.29 Å². The summed E-state index contributed by atoms with van der Waals surface area (Å²) >= 11 is 0. The van der Waals surface area contributed by atoms with Crippen molar-refractivity contribution in [1.82, 2.24) is 0 Å². The Morgan fingerprint density at radius 3 is 1.25 bits per heavy atom. The highest BCUT2D eigenvalue weighted by Gasteiger charge is 2.15. The fraction of sp³-hybridized carbons (Fsp3) is 1.00. The quantitative estimate of drug-likeness (QED) is 0.0710. The van der Waals surface area contributed by atoms with E-state index in [9.17, 15) is 8.42 Å². The van der Waals surface area contributed by atoms with E-state index in [1.54, 1.807) is 0 Å². The first kappa shape index (κ1) is 31.9. The van der Waals surface area contributed by atoms with Crippen LogP contribution in [0.3, 0.4) is 0 Å². The lowest BCUT2D eigenvalue weighted by molar-refractivity contribution is -0.0823. The summed E-state index contributed by atoms with van der Waals surface area (Å²) in [7, 11) is -3.48. The first-order valence-corrected chi connectivity index (χ1v) is 15.8. The van der Waals surface area contributed by atoms with E-state index in [1.807, 2.05) is 0 Å². The third-order valence-electron chi connectivity index (χ3n) is 6.13. The van der Waals surface area contributed by atoms with Gasteiger partial charge in [-0.15, -0.1) is 0 Å². The van der Waals surface area contributed by atoms with Crippen LogP contribution in [0.2, 0.25) is 0 Å². The van der Waals surface area contributed by atoms with Crippen LogP contribution in [0.15, 0.2) is 0 Å². The van der Waals surface area contributed by atoms with Crippen LogP contribution in [-0.4, -0.2) is 27.6 Å². The first-order chi connectivity index (χ1) is 15.5. The van der Waals surface area contributed by atoms with Crippen LogP contribution >= 0.6 is 0 Å². The van der Waals surface area contributed by atoms with Gasteiger partial charge in [-0.25, -0.2) is 4.18 Å². The highest BCUT2D eigenvalue weighted by Crippen LogP contribution is 2.16. The second-order valence-corrected chi connectivity index (χ2v) is 11.2. The molecule has 1 unspecified atom stereocenters. The second-order valence-electron chi connectivity index (χ2n) is 9.61. The summed E-state index contributed by atoms with van der Waals surface area (Å²) in [6.45, 7) is 5.11. The molecule has 194 valence electrons. The van der Waals surface area contributed by atoms with Gasteiger partial charge in [-0.05, 0) is 19.3 Å². The summed E-state index contributed by atoms with van der Waals surface area (Å²) in [6, 6.07) is 0. The summed E-state index contributed by atoms with van der Waals surface area (Å²) < 4.78 is 34.0. The zero-order valence-electron chi connectivity index (χ0n) is 21.9. The van der Waals surface area contributed by atoms with Gasteiger partial charge in [0.1, 0.15) is 0 Å². The molecule has 0 aliphatic carbocycles. The van der Waals surface area contributed by atoms with Gasteiger partial charge in [0.2, 0.25) is 0 Å². The molecule has 0 aromatic carbocycles. The molecule has 0 saturated heterocycles. The van der Waals surface area contributed by atoms with E-state index in [0.29, 0.717) is 13.0 Å². The van der Waals surface area contributed by atoms with Crippen molar-refractivity contribution in [2.75, 3.05) is 12.9 Å². The van der Waals surface area contributed by atoms with Crippen molar-refractivity contribution in [2.45, 2.75) is 161 Å². The van der Waals surface area contributed by atoms with Crippen molar-refractivity contribution >= 4 is 10.1 Å². The molecule has 0 heterocycles. The molecule has 0 bridgehead atoms. The molecule has 0 N–H and O–H groups in total. The Bertz CT molecular complexity index is 438. The van der Waals surface area contributed by atoms with Crippen molar-refractivity contribution in [1.29, 1.82) is 0 Å². The second kappa shape index (κ2) is 24.0. The number of hydrogen-bond acceptors (Lipinski definition) is 4. The van der Waals surface area contributed by atoms with Crippen LogP contribution in [0.4, 0.5) is 0 Å². The summed E-state index contributed by atoms with van der Waals surface area (Å²) in [4.78, 5) is 0. The minimum absolute atomic E-state index is 0.592. The van der Waals surface area contributed by atoms with E-state index >= 15 is 0 Å². The molecule has 1 atom stereocenters. The molecule has 0 spiro atoms. The molecule has 4 nitrogen and oxygen atoms in total. The van der Waals surface area contributed by atoms with Gasteiger partial charge in [-0.3, -0.25) is 0 Å².